The number of esters is 1. The molecule has 4 aliphatic rings. The van der Waals surface area contributed by atoms with Crippen molar-refractivity contribution in [3.8, 4) is 0 Å². The van der Waals surface area contributed by atoms with Gasteiger partial charge in [-0.05, 0) is 111 Å². The van der Waals surface area contributed by atoms with Crippen molar-refractivity contribution in [2.45, 2.75) is 125 Å². The molecule has 0 bridgehead atoms. The fraction of sp³-hybridized carbons (Fsp3) is 0.903. The van der Waals surface area contributed by atoms with Gasteiger partial charge < -0.3 is 4.74 Å². The molecule has 3 fully saturated rings. The van der Waals surface area contributed by atoms with Crippen LogP contribution in [-0.2, 0) is 9.53 Å². The number of fused-ring (bicyclic) bond motifs is 5. The molecule has 188 valence electrons. The Kier molecular flexibility index (Phi) is 7.72. The smallest absolute Gasteiger partial charge is 0.310 e. The molecule has 0 radical (unpaired) electrons. The molecule has 3 saturated carbocycles. The molecule has 0 saturated heterocycles. The van der Waals surface area contributed by atoms with Gasteiger partial charge in [-0.1, -0.05) is 60.8 Å². The first kappa shape index (κ1) is 25.3. The van der Waals surface area contributed by atoms with E-state index >= 15 is 0 Å². The van der Waals surface area contributed by atoms with Crippen LogP contribution in [0.4, 0.5) is 0 Å². The summed E-state index contributed by atoms with van der Waals surface area (Å²) in [5.41, 5.74) is 0.603. The van der Waals surface area contributed by atoms with E-state index in [2.05, 4.69) is 47.6 Å². The van der Waals surface area contributed by atoms with Crippen LogP contribution < -0.4 is 0 Å². The minimum atomic E-state index is -0.00968. The van der Waals surface area contributed by atoms with Crippen molar-refractivity contribution in [2.24, 2.45) is 52.3 Å². The van der Waals surface area contributed by atoms with E-state index in [1.54, 1.807) is 0 Å². The van der Waals surface area contributed by atoms with Crippen LogP contribution in [-0.4, -0.2) is 5.97 Å². The number of allylic oxidation sites excluding steroid dienone is 2. The number of hydrogen-bond acceptors (Lipinski definition) is 2. The second kappa shape index (κ2) is 10.1. The molecule has 8 atom stereocenters. The lowest BCUT2D eigenvalue weighted by Gasteiger charge is -2.60. The zero-order valence-corrected chi connectivity index (χ0v) is 22.6. The van der Waals surface area contributed by atoms with E-state index < -0.39 is 0 Å². The molecule has 0 amide bonds. The van der Waals surface area contributed by atoms with Crippen molar-refractivity contribution in [3.05, 3.63) is 11.8 Å². The van der Waals surface area contributed by atoms with Gasteiger partial charge in [-0.2, -0.15) is 0 Å². The van der Waals surface area contributed by atoms with Crippen LogP contribution in [0.2, 0.25) is 0 Å². The minimum Gasteiger partial charge on any atom is -0.431 e. The van der Waals surface area contributed by atoms with Crippen LogP contribution in [0, 0.1) is 52.3 Å². The maximum absolute atomic E-state index is 12.5. The van der Waals surface area contributed by atoms with Gasteiger partial charge in [-0.3, -0.25) is 4.79 Å². The zero-order valence-electron chi connectivity index (χ0n) is 22.6. The molecule has 4 aliphatic carbocycles. The van der Waals surface area contributed by atoms with Crippen LogP contribution in [0.3, 0.4) is 0 Å². The van der Waals surface area contributed by atoms with E-state index in [0.29, 0.717) is 23.7 Å². The second-order valence-corrected chi connectivity index (χ2v) is 13.3. The molecule has 0 aromatic heterocycles. The summed E-state index contributed by atoms with van der Waals surface area (Å²) in [6, 6.07) is 0. The number of hydrogen-bond donors (Lipinski definition) is 0. The summed E-state index contributed by atoms with van der Waals surface area (Å²) in [6.45, 7) is 14.5. The van der Waals surface area contributed by atoms with E-state index in [1.165, 1.54) is 64.2 Å². The maximum atomic E-state index is 12.5. The summed E-state index contributed by atoms with van der Waals surface area (Å²) in [5.74, 6) is 6.75. The van der Waals surface area contributed by atoms with E-state index in [0.717, 1.165) is 48.2 Å². The molecule has 0 aromatic rings. The fourth-order valence-electron chi connectivity index (χ4n) is 9.45. The predicted octanol–water partition coefficient (Wildman–Crippen LogP) is 8.94. The molecule has 33 heavy (non-hydrogen) atoms. The standard InChI is InChI=1S/C31H52O2/c1-7-10-29(32)33-28-14-9-13-23-15-16-24-26-18-17-25(22(4)12-8-11-21(2)3)30(26,5)20-19-27(24)31(23,28)6/h14,21-27H,7-13,15-20H2,1-6H3/t22-,23?,24+,25-,26+,27+,30-,31+/m1/s1. The Morgan fingerprint density at radius 2 is 1.82 bits per heavy atom. The highest BCUT2D eigenvalue weighted by Gasteiger charge is 2.61. The molecule has 2 nitrogen and oxygen atoms in total. The van der Waals surface area contributed by atoms with Crippen molar-refractivity contribution in [1.29, 1.82) is 0 Å². The van der Waals surface area contributed by atoms with Gasteiger partial charge in [0.25, 0.3) is 0 Å². The summed E-state index contributed by atoms with van der Waals surface area (Å²) in [6.07, 6.45) is 18.6. The highest BCUT2D eigenvalue weighted by molar-refractivity contribution is 5.70. The highest BCUT2D eigenvalue weighted by Crippen LogP contribution is 2.68. The van der Waals surface area contributed by atoms with Gasteiger partial charge in [0.1, 0.15) is 5.76 Å². The molecule has 0 N–H and O–H groups in total. The first-order valence-corrected chi connectivity index (χ1v) is 14.6. The number of carbonyl (C=O) groups is 1. The van der Waals surface area contributed by atoms with Gasteiger partial charge >= 0.3 is 5.97 Å². The van der Waals surface area contributed by atoms with Crippen molar-refractivity contribution >= 4 is 5.97 Å². The average Bonchev–Trinajstić information content (AvgIpc) is 3.11. The maximum Gasteiger partial charge on any atom is 0.310 e. The Balaban J connectivity index is 1.51. The largest absolute Gasteiger partial charge is 0.431 e. The summed E-state index contributed by atoms with van der Waals surface area (Å²) in [4.78, 5) is 12.5. The minimum absolute atomic E-state index is 0.00968. The molecular weight excluding hydrogens is 404 g/mol. The van der Waals surface area contributed by atoms with Crippen LogP contribution in [0.15, 0.2) is 11.8 Å². The van der Waals surface area contributed by atoms with Gasteiger partial charge in [-0.15, -0.1) is 0 Å². The molecule has 0 aromatic carbocycles. The van der Waals surface area contributed by atoms with E-state index in [4.69, 9.17) is 4.74 Å². The third-order valence-corrected chi connectivity index (χ3v) is 11.2. The second-order valence-electron chi connectivity index (χ2n) is 13.3. The van der Waals surface area contributed by atoms with Crippen molar-refractivity contribution in [2.75, 3.05) is 0 Å². The van der Waals surface area contributed by atoms with E-state index in [1.807, 2.05) is 0 Å². The molecule has 0 aliphatic heterocycles. The van der Waals surface area contributed by atoms with Gasteiger partial charge in [0.2, 0.25) is 0 Å². The van der Waals surface area contributed by atoms with Crippen LogP contribution in [0.1, 0.15) is 125 Å². The Labute approximate surface area is 204 Å². The van der Waals surface area contributed by atoms with Crippen molar-refractivity contribution < 1.29 is 9.53 Å². The average molecular weight is 457 g/mol. The normalized spacial score (nSPS) is 41.1. The number of ether oxygens (including phenoxy) is 1. The Hall–Kier alpha value is -0.790. The topological polar surface area (TPSA) is 26.3 Å². The van der Waals surface area contributed by atoms with E-state index in [-0.39, 0.29) is 11.4 Å². The first-order chi connectivity index (χ1) is 15.7. The third kappa shape index (κ3) is 4.58. The summed E-state index contributed by atoms with van der Waals surface area (Å²) in [7, 11) is 0. The number of carbonyl (C=O) groups excluding carboxylic acids is 1. The molecular formula is C31H52O2. The summed E-state index contributed by atoms with van der Waals surface area (Å²) >= 11 is 0. The SMILES string of the molecule is CCCC(=O)OC1=CCCC2CC[C@H]3[C@@H]4CC[C@H]([C@H](C)CCCC(C)C)[C@@]4(C)CC[C@@H]3[C@@]12C. The van der Waals surface area contributed by atoms with Gasteiger partial charge in [0.05, 0.1) is 0 Å². The van der Waals surface area contributed by atoms with Crippen LogP contribution >= 0.6 is 0 Å². The Morgan fingerprint density at radius 1 is 1.03 bits per heavy atom. The highest BCUT2D eigenvalue weighted by atomic mass is 16.5. The summed E-state index contributed by atoms with van der Waals surface area (Å²) in [5, 5.41) is 0. The molecule has 0 spiro atoms. The quantitative estimate of drug-likeness (QED) is 0.341. The lowest BCUT2D eigenvalue weighted by Crippen LogP contribution is -2.54. The van der Waals surface area contributed by atoms with Gasteiger partial charge in [0.15, 0.2) is 0 Å². The van der Waals surface area contributed by atoms with E-state index in [9.17, 15) is 4.79 Å². The molecule has 0 heterocycles. The van der Waals surface area contributed by atoms with Gasteiger partial charge in [0, 0.05) is 11.8 Å². The van der Waals surface area contributed by atoms with Crippen molar-refractivity contribution in [1.82, 2.24) is 0 Å². The lowest BCUT2D eigenvalue weighted by atomic mass is 9.45. The molecule has 4 rings (SSSR count). The Bertz CT molecular complexity index is 722. The monoisotopic (exact) mass is 456 g/mol. The zero-order chi connectivity index (χ0) is 23.8. The predicted molar refractivity (Wildman–Crippen MR) is 138 cm³/mol. The summed E-state index contributed by atoms with van der Waals surface area (Å²) < 4.78 is 6.13. The fourth-order valence-corrected chi connectivity index (χ4v) is 9.45. The first-order valence-electron chi connectivity index (χ1n) is 14.6. The third-order valence-electron chi connectivity index (χ3n) is 11.2. The Morgan fingerprint density at radius 3 is 2.55 bits per heavy atom. The van der Waals surface area contributed by atoms with Crippen molar-refractivity contribution in [3.63, 3.8) is 0 Å². The van der Waals surface area contributed by atoms with Crippen LogP contribution in [0.25, 0.3) is 0 Å². The number of rotatable bonds is 8. The molecule has 1 unspecified atom stereocenters. The molecule has 2 heteroatoms. The van der Waals surface area contributed by atoms with Gasteiger partial charge in [-0.25, -0.2) is 0 Å². The lowest BCUT2D eigenvalue weighted by molar-refractivity contribution is -0.149. The van der Waals surface area contributed by atoms with Crippen LogP contribution in [0.5, 0.6) is 0 Å².